The fourth-order valence-corrected chi connectivity index (χ4v) is 2.18. The van der Waals surface area contributed by atoms with Crippen LogP contribution < -0.4 is 5.32 Å². The average Bonchev–Trinajstić information content (AvgIpc) is 2.61. The molecule has 1 N–H and O–H groups in total. The van der Waals surface area contributed by atoms with E-state index in [1.165, 1.54) is 11.3 Å². The first-order valence-electron chi connectivity index (χ1n) is 4.89. The van der Waals surface area contributed by atoms with Crippen LogP contribution in [0, 0.1) is 5.92 Å². The molecule has 0 unspecified atom stereocenters. The van der Waals surface area contributed by atoms with Gasteiger partial charge in [-0.25, -0.2) is 4.98 Å². The molecule has 0 aromatic carbocycles. The molecule has 1 aliphatic rings. The van der Waals surface area contributed by atoms with Crippen molar-refractivity contribution in [2.75, 3.05) is 5.32 Å². The van der Waals surface area contributed by atoms with Gasteiger partial charge < -0.3 is 5.32 Å². The van der Waals surface area contributed by atoms with E-state index in [1.807, 2.05) is 6.20 Å². The van der Waals surface area contributed by atoms with Gasteiger partial charge >= 0.3 is 0 Å². The predicted molar refractivity (Wildman–Crippen MR) is 57.4 cm³/mol. The lowest BCUT2D eigenvalue weighted by Crippen LogP contribution is -2.02. The van der Waals surface area contributed by atoms with Crippen LogP contribution in [0.25, 0.3) is 0 Å². The molecule has 1 saturated carbocycles. The van der Waals surface area contributed by atoms with Gasteiger partial charge in [0.15, 0.2) is 5.13 Å². The lowest BCUT2D eigenvalue weighted by atomic mass is 10.2. The highest BCUT2D eigenvalue weighted by atomic mass is 32.1. The smallest absolute Gasteiger partial charge is 0.183 e. The standard InChI is InChI=1S/C10H16N2S/c1-6(2)9-5-11-10(13-9)12-8-4-7(8)3/h5-8H,4H2,1-3H3,(H,11,12)/t7-,8-/m1/s1. The molecule has 0 amide bonds. The second-order valence-corrected chi connectivity index (χ2v) is 5.25. The molecule has 1 fully saturated rings. The number of thiazole rings is 1. The minimum atomic E-state index is 0.602. The molecular formula is C10H16N2S. The molecule has 0 bridgehead atoms. The van der Waals surface area contributed by atoms with E-state index in [2.05, 4.69) is 31.1 Å². The minimum absolute atomic E-state index is 0.602. The van der Waals surface area contributed by atoms with Crippen LogP contribution in [0.1, 0.15) is 38.0 Å². The van der Waals surface area contributed by atoms with Gasteiger partial charge in [-0.05, 0) is 18.3 Å². The van der Waals surface area contributed by atoms with Crippen molar-refractivity contribution in [2.24, 2.45) is 5.92 Å². The molecule has 0 spiro atoms. The highest BCUT2D eigenvalue weighted by molar-refractivity contribution is 7.15. The summed E-state index contributed by atoms with van der Waals surface area (Å²) in [6.07, 6.45) is 3.29. The Balaban J connectivity index is 1.97. The zero-order valence-electron chi connectivity index (χ0n) is 8.37. The lowest BCUT2D eigenvalue weighted by molar-refractivity contribution is 0.885. The molecule has 2 atom stereocenters. The Hall–Kier alpha value is -0.570. The number of hydrogen-bond donors (Lipinski definition) is 1. The van der Waals surface area contributed by atoms with Gasteiger partial charge in [0.1, 0.15) is 0 Å². The molecule has 72 valence electrons. The summed E-state index contributed by atoms with van der Waals surface area (Å²) >= 11 is 1.79. The van der Waals surface area contributed by atoms with Crippen LogP contribution in [0.3, 0.4) is 0 Å². The SMILES string of the molecule is CC(C)c1cnc(N[C@@H]2C[C@H]2C)s1. The Morgan fingerprint density at radius 3 is 2.77 bits per heavy atom. The van der Waals surface area contributed by atoms with Gasteiger partial charge in [-0.3, -0.25) is 0 Å². The van der Waals surface area contributed by atoms with Crippen LogP contribution in [-0.4, -0.2) is 11.0 Å². The van der Waals surface area contributed by atoms with Crippen LogP contribution >= 0.6 is 11.3 Å². The number of aromatic nitrogens is 1. The van der Waals surface area contributed by atoms with E-state index in [-0.39, 0.29) is 0 Å². The van der Waals surface area contributed by atoms with Crippen molar-refractivity contribution in [3.63, 3.8) is 0 Å². The fraction of sp³-hybridized carbons (Fsp3) is 0.700. The van der Waals surface area contributed by atoms with Gasteiger partial charge in [-0.1, -0.05) is 20.8 Å². The number of rotatable bonds is 3. The molecule has 3 heteroatoms. The zero-order chi connectivity index (χ0) is 9.42. The van der Waals surface area contributed by atoms with Gasteiger partial charge in [0.2, 0.25) is 0 Å². The maximum absolute atomic E-state index is 4.36. The molecule has 2 nitrogen and oxygen atoms in total. The van der Waals surface area contributed by atoms with E-state index in [4.69, 9.17) is 0 Å². The second-order valence-electron chi connectivity index (χ2n) is 4.19. The Bertz CT molecular complexity index is 293. The summed E-state index contributed by atoms with van der Waals surface area (Å²) in [6.45, 7) is 6.68. The molecule has 0 saturated heterocycles. The summed E-state index contributed by atoms with van der Waals surface area (Å²) in [5.74, 6) is 1.44. The lowest BCUT2D eigenvalue weighted by Gasteiger charge is -1.99. The number of nitrogens with one attached hydrogen (secondary N) is 1. The van der Waals surface area contributed by atoms with Crippen molar-refractivity contribution in [2.45, 2.75) is 39.2 Å². The van der Waals surface area contributed by atoms with Crippen LogP contribution in [0.2, 0.25) is 0 Å². The highest BCUT2D eigenvalue weighted by Crippen LogP contribution is 2.34. The van der Waals surface area contributed by atoms with Gasteiger partial charge in [0, 0.05) is 17.1 Å². The summed E-state index contributed by atoms with van der Waals surface area (Å²) in [4.78, 5) is 5.73. The third-order valence-electron chi connectivity index (χ3n) is 2.51. The molecule has 2 rings (SSSR count). The van der Waals surface area contributed by atoms with Crippen molar-refractivity contribution in [3.05, 3.63) is 11.1 Å². The molecule has 0 aliphatic heterocycles. The fourth-order valence-electron chi connectivity index (χ4n) is 1.30. The quantitative estimate of drug-likeness (QED) is 0.803. The summed E-state index contributed by atoms with van der Waals surface area (Å²) in [5, 5.41) is 4.54. The average molecular weight is 196 g/mol. The van der Waals surface area contributed by atoms with E-state index in [9.17, 15) is 0 Å². The first-order valence-corrected chi connectivity index (χ1v) is 5.70. The van der Waals surface area contributed by atoms with E-state index in [0.29, 0.717) is 12.0 Å². The van der Waals surface area contributed by atoms with E-state index >= 15 is 0 Å². The topological polar surface area (TPSA) is 24.9 Å². The van der Waals surface area contributed by atoms with Crippen molar-refractivity contribution >= 4 is 16.5 Å². The Morgan fingerprint density at radius 2 is 2.31 bits per heavy atom. The van der Waals surface area contributed by atoms with Crippen molar-refractivity contribution < 1.29 is 0 Å². The van der Waals surface area contributed by atoms with Gasteiger partial charge in [0.25, 0.3) is 0 Å². The summed E-state index contributed by atoms with van der Waals surface area (Å²) in [5.41, 5.74) is 0. The molecule has 1 heterocycles. The van der Waals surface area contributed by atoms with Gasteiger partial charge in [-0.15, -0.1) is 11.3 Å². The molecule has 1 aliphatic carbocycles. The van der Waals surface area contributed by atoms with Crippen LogP contribution in [0.5, 0.6) is 0 Å². The molecule has 13 heavy (non-hydrogen) atoms. The van der Waals surface area contributed by atoms with Gasteiger partial charge in [0.05, 0.1) is 0 Å². The maximum atomic E-state index is 4.36. The Morgan fingerprint density at radius 1 is 1.62 bits per heavy atom. The molecule has 1 aromatic rings. The maximum Gasteiger partial charge on any atom is 0.183 e. The van der Waals surface area contributed by atoms with Crippen molar-refractivity contribution in [1.82, 2.24) is 4.98 Å². The van der Waals surface area contributed by atoms with Crippen molar-refractivity contribution in [1.29, 1.82) is 0 Å². The third kappa shape index (κ3) is 2.02. The molecule has 0 radical (unpaired) electrons. The van der Waals surface area contributed by atoms with E-state index < -0.39 is 0 Å². The van der Waals surface area contributed by atoms with Crippen molar-refractivity contribution in [3.8, 4) is 0 Å². The Labute approximate surface area is 83.4 Å². The number of anilines is 1. The van der Waals surface area contributed by atoms with E-state index in [1.54, 1.807) is 11.3 Å². The number of hydrogen-bond acceptors (Lipinski definition) is 3. The van der Waals surface area contributed by atoms with Crippen LogP contribution in [-0.2, 0) is 0 Å². The number of nitrogens with zero attached hydrogens (tertiary/aromatic N) is 1. The predicted octanol–water partition coefficient (Wildman–Crippen LogP) is 3.09. The van der Waals surface area contributed by atoms with Crippen LogP contribution in [0.15, 0.2) is 6.20 Å². The van der Waals surface area contributed by atoms with Gasteiger partial charge in [-0.2, -0.15) is 0 Å². The molecule has 1 aromatic heterocycles. The summed E-state index contributed by atoms with van der Waals surface area (Å²) in [7, 11) is 0. The summed E-state index contributed by atoms with van der Waals surface area (Å²) in [6, 6.07) is 0.686. The highest BCUT2D eigenvalue weighted by Gasteiger charge is 2.32. The minimum Gasteiger partial charge on any atom is -0.359 e. The summed E-state index contributed by atoms with van der Waals surface area (Å²) < 4.78 is 0. The zero-order valence-corrected chi connectivity index (χ0v) is 9.19. The first kappa shape index (κ1) is 9.00. The normalized spacial score (nSPS) is 26.5. The molecular weight excluding hydrogens is 180 g/mol. The first-order chi connectivity index (χ1) is 6.16. The largest absolute Gasteiger partial charge is 0.359 e. The van der Waals surface area contributed by atoms with Crippen LogP contribution in [0.4, 0.5) is 5.13 Å². The van der Waals surface area contributed by atoms with E-state index in [0.717, 1.165) is 11.0 Å². The Kier molecular flexibility index (Phi) is 2.28. The monoisotopic (exact) mass is 196 g/mol. The second kappa shape index (κ2) is 3.29. The third-order valence-corrected chi connectivity index (χ3v) is 3.74.